The summed E-state index contributed by atoms with van der Waals surface area (Å²) in [7, 11) is -3.90. The van der Waals surface area contributed by atoms with Crippen LogP contribution in [0, 0.1) is 11.8 Å². The number of halogens is 2. The number of hydrogen-bond acceptors (Lipinski definition) is 3. The quantitative estimate of drug-likeness (QED) is 0.669. The van der Waals surface area contributed by atoms with Crippen molar-refractivity contribution in [2.24, 2.45) is 5.14 Å². The second-order valence-corrected chi connectivity index (χ2v) is 6.14. The van der Waals surface area contributed by atoms with Crippen LogP contribution in [-0.4, -0.2) is 15.0 Å². The Labute approximate surface area is 120 Å². The summed E-state index contributed by atoms with van der Waals surface area (Å²) in [5.74, 6) is 5.56. The molecule has 1 aromatic carbocycles. The molecule has 0 heterocycles. The van der Waals surface area contributed by atoms with E-state index in [-0.39, 0.29) is 22.3 Å². The highest BCUT2D eigenvalue weighted by molar-refractivity contribution is 9.10. The van der Waals surface area contributed by atoms with Gasteiger partial charge in [0.05, 0.1) is 11.6 Å². The summed E-state index contributed by atoms with van der Waals surface area (Å²) in [5, 5.41) is 5.29. The van der Waals surface area contributed by atoms with Gasteiger partial charge in [-0.05, 0) is 19.1 Å². The van der Waals surface area contributed by atoms with Gasteiger partial charge in [0.1, 0.15) is 4.90 Å². The van der Waals surface area contributed by atoms with E-state index < -0.39 is 10.0 Å². The fourth-order valence-corrected chi connectivity index (χ4v) is 3.01. The smallest absolute Gasteiger partial charge is 0.241 e. The second kappa shape index (κ2) is 6.43. The number of hydrogen-bond donors (Lipinski definition) is 1. The Hall–Kier alpha value is -0.740. The highest BCUT2D eigenvalue weighted by atomic mass is 79.9. The molecule has 2 N–H and O–H groups in total. The Bertz CT molecular complexity index is 605. The highest BCUT2D eigenvalue weighted by Crippen LogP contribution is 2.34. The Morgan fingerprint density at radius 2 is 2.17 bits per heavy atom. The molecule has 1 aromatic rings. The molecule has 0 amide bonds. The summed E-state index contributed by atoms with van der Waals surface area (Å²) in [6, 6.07) is 2.89. The van der Waals surface area contributed by atoms with Gasteiger partial charge in [-0.3, -0.25) is 0 Å². The van der Waals surface area contributed by atoms with E-state index in [0.29, 0.717) is 10.9 Å². The predicted octanol–water partition coefficient (Wildman–Crippen LogP) is 2.54. The first-order valence-electron chi connectivity index (χ1n) is 4.90. The molecule has 0 saturated carbocycles. The molecule has 0 atom stereocenters. The molecular formula is C11H11BrClNO3S. The lowest BCUT2D eigenvalue weighted by Crippen LogP contribution is -2.14. The molecule has 0 fully saturated rings. The lowest BCUT2D eigenvalue weighted by molar-refractivity contribution is 0.319. The van der Waals surface area contributed by atoms with Crippen molar-refractivity contribution >= 4 is 37.6 Å². The minimum atomic E-state index is -3.90. The molecule has 4 nitrogen and oxygen atoms in total. The topological polar surface area (TPSA) is 69.4 Å². The maximum Gasteiger partial charge on any atom is 0.241 e. The van der Waals surface area contributed by atoms with Crippen molar-refractivity contribution in [2.45, 2.75) is 18.2 Å². The molecule has 0 aromatic heterocycles. The minimum Gasteiger partial charge on any atom is -0.490 e. The Morgan fingerprint density at radius 1 is 1.50 bits per heavy atom. The molecule has 0 bridgehead atoms. The first-order chi connectivity index (χ1) is 8.36. The van der Waals surface area contributed by atoms with Gasteiger partial charge < -0.3 is 4.74 Å². The lowest BCUT2D eigenvalue weighted by atomic mass is 10.3. The van der Waals surface area contributed by atoms with Crippen LogP contribution >= 0.6 is 27.5 Å². The lowest BCUT2D eigenvalue weighted by Gasteiger charge is -2.11. The van der Waals surface area contributed by atoms with Crippen molar-refractivity contribution < 1.29 is 13.2 Å². The first-order valence-corrected chi connectivity index (χ1v) is 7.62. The molecule has 98 valence electrons. The average Bonchev–Trinajstić information content (AvgIpc) is 2.24. The summed E-state index contributed by atoms with van der Waals surface area (Å²) in [5.41, 5.74) is 0. The molecule has 0 unspecified atom stereocenters. The molecule has 7 heteroatoms. The van der Waals surface area contributed by atoms with Gasteiger partial charge in [0.15, 0.2) is 5.75 Å². The second-order valence-electron chi connectivity index (χ2n) is 3.29. The van der Waals surface area contributed by atoms with Crippen LogP contribution < -0.4 is 9.88 Å². The largest absolute Gasteiger partial charge is 0.490 e. The molecule has 0 aliphatic rings. The zero-order valence-corrected chi connectivity index (χ0v) is 12.7. The zero-order valence-electron chi connectivity index (χ0n) is 9.54. The Balaban J connectivity index is 3.11. The summed E-state index contributed by atoms with van der Waals surface area (Å²) in [6.45, 7) is 1.95. The van der Waals surface area contributed by atoms with Gasteiger partial charge in [-0.15, -0.1) is 11.8 Å². The van der Waals surface area contributed by atoms with Crippen LogP contribution in [0.5, 0.6) is 5.75 Å². The first kappa shape index (κ1) is 15.3. The summed E-state index contributed by atoms with van der Waals surface area (Å²) in [6.07, 6.45) is 0.479. The van der Waals surface area contributed by atoms with E-state index in [1.54, 1.807) is 6.92 Å². The third-order valence-electron chi connectivity index (χ3n) is 1.93. The molecule has 1 rings (SSSR count). The Morgan fingerprint density at radius 3 is 2.72 bits per heavy atom. The predicted molar refractivity (Wildman–Crippen MR) is 74.1 cm³/mol. The van der Waals surface area contributed by atoms with Crippen LogP contribution in [0.1, 0.15) is 13.3 Å². The number of rotatable bonds is 4. The third kappa shape index (κ3) is 4.18. The molecular weight excluding hydrogens is 342 g/mol. The molecule has 0 saturated heterocycles. The van der Waals surface area contributed by atoms with Crippen molar-refractivity contribution in [3.63, 3.8) is 0 Å². The van der Waals surface area contributed by atoms with Crippen LogP contribution in [0.2, 0.25) is 5.02 Å². The van der Waals surface area contributed by atoms with E-state index >= 15 is 0 Å². The van der Waals surface area contributed by atoms with Crippen LogP contribution in [0.15, 0.2) is 21.5 Å². The molecule has 0 radical (unpaired) electrons. The standard InChI is InChI=1S/C11H11BrClNO3S/c1-2-3-4-5-17-11-9(13)6-8(12)7-10(11)18(14,15)16/h6-7H,4-5H2,1H3,(H2,14,15,16). The van der Waals surface area contributed by atoms with E-state index in [9.17, 15) is 8.42 Å². The number of ether oxygens (including phenoxy) is 1. The highest BCUT2D eigenvalue weighted by Gasteiger charge is 2.19. The maximum absolute atomic E-state index is 11.4. The number of sulfonamides is 1. The third-order valence-corrected chi connectivity index (χ3v) is 3.59. The van der Waals surface area contributed by atoms with E-state index in [1.807, 2.05) is 0 Å². The van der Waals surface area contributed by atoms with Gasteiger partial charge in [0.25, 0.3) is 0 Å². The fourth-order valence-electron chi connectivity index (χ4n) is 1.22. The van der Waals surface area contributed by atoms with Gasteiger partial charge >= 0.3 is 0 Å². The summed E-state index contributed by atoms with van der Waals surface area (Å²) >= 11 is 9.09. The van der Waals surface area contributed by atoms with Crippen molar-refractivity contribution in [2.75, 3.05) is 6.61 Å². The fraction of sp³-hybridized carbons (Fsp3) is 0.273. The molecule has 0 aliphatic carbocycles. The van der Waals surface area contributed by atoms with E-state index in [2.05, 4.69) is 27.8 Å². The van der Waals surface area contributed by atoms with Crippen molar-refractivity contribution in [1.82, 2.24) is 0 Å². The zero-order chi connectivity index (χ0) is 13.8. The molecule has 18 heavy (non-hydrogen) atoms. The number of nitrogens with two attached hydrogens (primary N) is 1. The van der Waals surface area contributed by atoms with Crippen LogP contribution in [0.4, 0.5) is 0 Å². The van der Waals surface area contributed by atoms with Crippen molar-refractivity contribution in [1.29, 1.82) is 0 Å². The van der Waals surface area contributed by atoms with Gasteiger partial charge in [0.2, 0.25) is 10.0 Å². The van der Waals surface area contributed by atoms with E-state index in [1.165, 1.54) is 12.1 Å². The molecule has 0 aliphatic heterocycles. The maximum atomic E-state index is 11.4. The number of primary sulfonamides is 1. The van der Waals surface area contributed by atoms with Gasteiger partial charge in [-0.2, -0.15) is 0 Å². The van der Waals surface area contributed by atoms with Crippen LogP contribution in [0.3, 0.4) is 0 Å². The van der Waals surface area contributed by atoms with E-state index in [0.717, 1.165) is 0 Å². The van der Waals surface area contributed by atoms with Crippen LogP contribution in [0.25, 0.3) is 0 Å². The van der Waals surface area contributed by atoms with Crippen molar-refractivity contribution in [3.8, 4) is 17.6 Å². The minimum absolute atomic E-state index is 0.0558. The number of benzene rings is 1. The van der Waals surface area contributed by atoms with Crippen molar-refractivity contribution in [3.05, 3.63) is 21.6 Å². The van der Waals surface area contributed by atoms with Gasteiger partial charge in [0, 0.05) is 10.9 Å². The van der Waals surface area contributed by atoms with Crippen LogP contribution in [-0.2, 0) is 10.0 Å². The summed E-state index contributed by atoms with van der Waals surface area (Å²) < 4.78 is 28.7. The Kier molecular flexibility index (Phi) is 5.47. The molecule has 0 spiro atoms. The normalized spacial score (nSPS) is 10.7. The average molecular weight is 353 g/mol. The van der Waals surface area contributed by atoms with E-state index in [4.69, 9.17) is 21.5 Å². The summed E-state index contributed by atoms with van der Waals surface area (Å²) in [4.78, 5) is -0.147. The van der Waals surface area contributed by atoms with Gasteiger partial charge in [-0.25, -0.2) is 13.6 Å². The van der Waals surface area contributed by atoms with Gasteiger partial charge in [-0.1, -0.05) is 27.5 Å². The SMILES string of the molecule is CC#CCCOc1c(Cl)cc(Br)cc1S(N)(=O)=O. The monoisotopic (exact) mass is 351 g/mol.